The Kier molecular flexibility index (Phi) is 3.78. The van der Waals surface area contributed by atoms with Crippen molar-refractivity contribution in [3.63, 3.8) is 0 Å². The minimum absolute atomic E-state index is 0.481. The Morgan fingerprint density at radius 3 is 2.80 bits per heavy atom. The third kappa shape index (κ3) is 3.24. The molecule has 0 aliphatic carbocycles. The molecule has 0 unspecified atom stereocenters. The van der Waals surface area contributed by atoms with Crippen LogP contribution in [0.15, 0.2) is 36.7 Å². The molecule has 0 radical (unpaired) electrons. The lowest BCUT2D eigenvalue weighted by Gasteiger charge is -2.28. The van der Waals surface area contributed by atoms with E-state index in [1.807, 2.05) is 6.07 Å². The van der Waals surface area contributed by atoms with Crippen LogP contribution in [0.1, 0.15) is 11.1 Å². The second kappa shape index (κ2) is 5.88. The normalized spacial score (nSPS) is 14.7. The number of benzene rings is 1. The molecule has 1 aromatic heterocycles. The monoisotopic (exact) mass is 269 g/mol. The summed E-state index contributed by atoms with van der Waals surface area (Å²) in [5, 5.41) is 9.93. The summed E-state index contributed by atoms with van der Waals surface area (Å²) in [6.07, 6.45) is 1.59. The molecule has 104 valence electrons. The van der Waals surface area contributed by atoms with Crippen LogP contribution >= 0.6 is 0 Å². The van der Waals surface area contributed by atoms with Gasteiger partial charge in [0.15, 0.2) is 0 Å². The zero-order chi connectivity index (χ0) is 13.8. The SMILES string of the molecule is Cc1cccc(CNc2cc(NC3CNC3)ncn2)c1. The van der Waals surface area contributed by atoms with E-state index in [0.29, 0.717) is 6.04 Å². The minimum atomic E-state index is 0.481. The van der Waals surface area contributed by atoms with Crippen molar-refractivity contribution in [1.82, 2.24) is 15.3 Å². The maximum atomic E-state index is 4.25. The first-order chi connectivity index (χ1) is 9.79. The summed E-state index contributed by atoms with van der Waals surface area (Å²) in [6, 6.07) is 10.9. The van der Waals surface area contributed by atoms with Gasteiger partial charge in [0.05, 0.1) is 6.04 Å². The van der Waals surface area contributed by atoms with Crippen LogP contribution in [0.4, 0.5) is 11.6 Å². The Labute approximate surface area is 118 Å². The molecule has 3 rings (SSSR count). The van der Waals surface area contributed by atoms with Crippen molar-refractivity contribution in [1.29, 1.82) is 0 Å². The summed E-state index contributed by atoms with van der Waals surface area (Å²) in [4.78, 5) is 8.49. The molecular formula is C15H19N5. The van der Waals surface area contributed by atoms with E-state index in [2.05, 4.69) is 57.1 Å². The summed E-state index contributed by atoms with van der Waals surface area (Å²) in [7, 11) is 0. The third-order valence-corrected chi connectivity index (χ3v) is 3.36. The van der Waals surface area contributed by atoms with Crippen molar-refractivity contribution < 1.29 is 0 Å². The van der Waals surface area contributed by atoms with Crippen LogP contribution in [0, 0.1) is 6.92 Å². The predicted octanol–water partition coefficient (Wildman–Crippen LogP) is 1.78. The van der Waals surface area contributed by atoms with Crippen LogP contribution in [0.2, 0.25) is 0 Å². The van der Waals surface area contributed by atoms with Crippen molar-refractivity contribution in [2.24, 2.45) is 0 Å². The van der Waals surface area contributed by atoms with Crippen molar-refractivity contribution in [2.45, 2.75) is 19.5 Å². The lowest BCUT2D eigenvalue weighted by Crippen LogP contribution is -2.51. The van der Waals surface area contributed by atoms with Gasteiger partial charge in [-0.25, -0.2) is 9.97 Å². The second-order valence-electron chi connectivity index (χ2n) is 5.13. The molecule has 20 heavy (non-hydrogen) atoms. The predicted molar refractivity (Wildman–Crippen MR) is 80.8 cm³/mol. The van der Waals surface area contributed by atoms with Crippen LogP contribution < -0.4 is 16.0 Å². The van der Waals surface area contributed by atoms with Crippen molar-refractivity contribution in [2.75, 3.05) is 23.7 Å². The van der Waals surface area contributed by atoms with Gasteiger partial charge in [0.2, 0.25) is 0 Å². The van der Waals surface area contributed by atoms with Gasteiger partial charge in [-0.05, 0) is 12.5 Å². The number of nitrogens with one attached hydrogen (secondary N) is 3. The van der Waals surface area contributed by atoms with Crippen molar-refractivity contribution in [3.05, 3.63) is 47.8 Å². The smallest absolute Gasteiger partial charge is 0.131 e. The molecule has 3 N–H and O–H groups in total. The molecule has 1 aliphatic rings. The fourth-order valence-electron chi connectivity index (χ4n) is 2.15. The fraction of sp³-hybridized carbons (Fsp3) is 0.333. The van der Waals surface area contributed by atoms with E-state index in [4.69, 9.17) is 0 Å². The first-order valence-electron chi connectivity index (χ1n) is 6.88. The molecule has 2 aromatic rings. The van der Waals surface area contributed by atoms with Crippen LogP contribution in [-0.4, -0.2) is 29.1 Å². The standard InChI is InChI=1S/C15H19N5/c1-11-3-2-4-12(5-11)7-17-14-6-15(19-10-18-14)20-13-8-16-9-13/h2-6,10,13,16H,7-9H2,1H3,(H2,17,18,19,20). The molecular weight excluding hydrogens is 250 g/mol. The molecule has 5 heteroatoms. The molecule has 1 aliphatic heterocycles. The van der Waals surface area contributed by atoms with E-state index in [1.54, 1.807) is 6.33 Å². The van der Waals surface area contributed by atoms with E-state index in [9.17, 15) is 0 Å². The zero-order valence-corrected chi connectivity index (χ0v) is 11.6. The minimum Gasteiger partial charge on any atom is -0.366 e. The maximum absolute atomic E-state index is 4.25. The molecule has 1 saturated heterocycles. The molecule has 1 aromatic carbocycles. The van der Waals surface area contributed by atoms with Gasteiger partial charge in [-0.2, -0.15) is 0 Å². The Hall–Kier alpha value is -2.14. The molecule has 0 spiro atoms. The van der Waals surface area contributed by atoms with E-state index in [1.165, 1.54) is 11.1 Å². The molecule has 0 atom stereocenters. The second-order valence-corrected chi connectivity index (χ2v) is 5.13. The lowest BCUT2D eigenvalue weighted by molar-refractivity contribution is 0.471. The van der Waals surface area contributed by atoms with Gasteiger partial charge in [0, 0.05) is 25.7 Å². The fourth-order valence-corrected chi connectivity index (χ4v) is 2.15. The van der Waals surface area contributed by atoms with Crippen LogP contribution in [0.5, 0.6) is 0 Å². The summed E-state index contributed by atoms with van der Waals surface area (Å²) in [5.74, 6) is 1.72. The molecule has 0 amide bonds. The average Bonchev–Trinajstić information content (AvgIpc) is 2.41. The Morgan fingerprint density at radius 1 is 1.20 bits per heavy atom. The summed E-state index contributed by atoms with van der Waals surface area (Å²) in [6.45, 7) is 4.86. The Balaban J connectivity index is 1.60. The number of nitrogens with zero attached hydrogens (tertiary/aromatic N) is 2. The van der Waals surface area contributed by atoms with Gasteiger partial charge >= 0.3 is 0 Å². The highest BCUT2D eigenvalue weighted by molar-refractivity contribution is 5.47. The number of aryl methyl sites for hydroxylation is 1. The third-order valence-electron chi connectivity index (χ3n) is 3.36. The Bertz CT molecular complexity index is 580. The van der Waals surface area contributed by atoms with Crippen LogP contribution in [0.3, 0.4) is 0 Å². The maximum Gasteiger partial charge on any atom is 0.131 e. The Morgan fingerprint density at radius 2 is 2.05 bits per heavy atom. The molecule has 0 bridgehead atoms. The summed E-state index contributed by atoms with van der Waals surface area (Å²) < 4.78 is 0. The topological polar surface area (TPSA) is 61.9 Å². The highest BCUT2D eigenvalue weighted by Crippen LogP contribution is 2.12. The summed E-state index contributed by atoms with van der Waals surface area (Å²) in [5.41, 5.74) is 2.52. The first kappa shape index (κ1) is 12.9. The zero-order valence-electron chi connectivity index (χ0n) is 11.6. The first-order valence-corrected chi connectivity index (χ1v) is 6.88. The number of anilines is 2. The molecule has 0 saturated carbocycles. The van der Waals surface area contributed by atoms with E-state index in [-0.39, 0.29) is 0 Å². The van der Waals surface area contributed by atoms with Gasteiger partial charge < -0.3 is 16.0 Å². The van der Waals surface area contributed by atoms with Gasteiger partial charge in [0.25, 0.3) is 0 Å². The number of aromatic nitrogens is 2. The van der Waals surface area contributed by atoms with Crippen LogP contribution in [0.25, 0.3) is 0 Å². The highest BCUT2D eigenvalue weighted by atomic mass is 15.1. The average molecular weight is 269 g/mol. The van der Waals surface area contributed by atoms with E-state index < -0.39 is 0 Å². The van der Waals surface area contributed by atoms with E-state index in [0.717, 1.165) is 31.3 Å². The van der Waals surface area contributed by atoms with E-state index >= 15 is 0 Å². The molecule has 1 fully saturated rings. The van der Waals surface area contributed by atoms with Gasteiger partial charge in [-0.1, -0.05) is 29.8 Å². The van der Waals surface area contributed by atoms with Gasteiger partial charge in [-0.3, -0.25) is 0 Å². The number of hydrogen-bond acceptors (Lipinski definition) is 5. The van der Waals surface area contributed by atoms with Gasteiger partial charge in [-0.15, -0.1) is 0 Å². The van der Waals surface area contributed by atoms with Crippen LogP contribution in [-0.2, 0) is 6.54 Å². The largest absolute Gasteiger partial charge is 0.366 e. The van der Waals surface area contributed by atoms with Gasteiger partial charge in [0.1, 0.15) is 18.0 Å². The molecule has 2 heterocycles. The quantitative estimate of drug-likeness (QED) is 0.772. The van der Waals surface area contributed by atoms with Crippen molar-refractivity contribution in [3.8, 4) is 0 Å². The van der Waals surface area contributed by atoms with Crippen molar-refractivity contribution >= 4 is 11.6 Å². The molecule has 5 nitrogen and oxygen atoms in total. The summed E-state index contributed by atoms with van der Waals surface area (Å²) >= 11 is 0. The lowest BCUT2D eigenvalue weighted by atomic mass is 10.1. The number of hydrogen-bond donors (Lipinski definition) is 3. The highest BCUT2D eigenvalue weighted by Gasteiger charge is 2.16. The number of rotatable bonds is 5.